The molecule has 0 aliphatic heterocycles. The van der Waals surface area contributed by atoms with Gasteiger partial charge in [-0.2, -0.15) is 5.26 Å². The summed E-state index contributed by atoms with van der Waals surface area (Å²) in [5.41, 5.74) is 0.528. The number of nitrogens with zero attached hydrogens (tertiary/aromatic N) is 2. The van der Waals surface area contributed by atoms with Crippen LogP contribution in [0.4, 0.5) is 10.1 Å². The van der Waals surface area contributed by atoms with Crippen molar-refractivity contribution in [3.63, 3.8) is 0 Å². The average molecular weight is 265 g/mol. The van der Waals surface area contributed by atoms with Crippen LogP contribution in [0.15, 0.2) is 18.2 Å². The maximum Gasteiger partial charge on any atom is 0.239 e. The Morgan fingerprint density at radius 2 is 2.32 bits per heavy atom. The SMILES string of the molecule is COCCNC(=O)CN(C)c1ccc(C#N)cc1F. The molecule has 0 spiro atoms. The second-order valence-electron chi connectivity index (χ2n) is 3.98. The molecule has 6 heteroatoms. The lowest BCUT2D eigenvalue weighted by Gasteiger charge is -2.19. The molecule has 19 heavy (non-hydrogen) atoms. The van der Waals surface area contributed by atoms with Crippen LogP contribution in [-0.2, 0) is 9.53 Å². The first-order chi connectivity index (χ1) is 9.08. The van der Waals surface area contributed by atoms with Crippen molar-refractivity contribution in [2.75, 3.05) is 38.8 Å². The van der Waals surface area contributed by atoms with Crippen molar-refractivity contribution in [3.8, 4) is 6.07 Å². The van der Waals surface area contributed by atoms with Crippen molar-refractivity contribution < 1.29 is 13.9 Å². The number of ether oxygens (including phenoxy) is 1. The number of nitrogens with one attached hydrogen (secondary N) is 1. The van der Waals surface area contributed by atoms with E-state index in [0.29, 0.717) is 13.2 Å². The number of likely N-dealkylation sites (N-methyl/N-ethyl adjacent to an activating group) is 1. The third kappa shape index (κ3) is 4.56. The Kier molecular flexibility index (Phi) is 5.76. The average Bonchev–Trinajstić information content (AvgIpc) is 2.38. The molecular weight excluding hydrogens is 249 g/mol. The number of nitriles is 1. The van der Waals surface area contributed by atoms with Crippen LogP contribution in [0.2, 0.25) is 0 Å². The van der Waals surface area contributed by atoms with Gasteiger partial charge in [-0.1, -0.05) is 0 Å². The fourth-order valence-corrected chi connectivity index (χ4v) is 1.54. The molecule has 0 heterocycles. The highest BCUT2D eigenvalue weighted by molar-refractivity contribution is 5.81. The van der Waals surface area contributed by atoms with Crippen molar-refractivity contribution in [1.29, 1.82) is 5.26 Å². The Bertz CT molecular complexity index is 485. The zero-order valence-corrected chi connectivity index (χ0v) is 10.9. The van der Waals surface area contributed by atoms with Gasteiger partial charge >= 0.3 is 0 Å². The van der Waals surface area contributed by atoms with E-state index in [0.717, 1.165) is 6.07 Å². The molecule has 0 fully saturated rings. The summed E-state index contributed by atoms with van der Waals surface area (Å²) in [5, 5.41) is 11.3. The van der Waals surface area contributed by atoms with E-state index in [4.69, 9.17) is 10.00 Å². The summed E-state index contributed by atoms with van der Waals surface area (Å²) in [6.07, 6.45) is 0. The lowest BCUT2D eigenvalue weighted by Crippen LogP contribution is -2.36. The van der Waals surface area contributed by atoms with Crippen molar-refractivity contribution in [1.82, 2.24) is 5.32 Å². The van der Waals surface area contributed by atoms with Crippen molar-refractivity contribution in [2.45, 2.75) is 0 Å². The standard InChI is InChI=1S/C13H16FN3O2/c1-17(9-13(18)16-5-6-19-2)12-4-3-10(8-15)7-11(12)14/h3-4,7H,5-6,9H2,1-2H3,(H,16,18). The first-order valence-corrected chi connectivity index (χ1v) is 5.75. The Morgan fingerprint density at radius 1 is 1.58 bits per heavy atom. The molecule has 5 nitrogen and oxygen atoms in total. The minimum absolute atomic E-state index is 0.0343. The third-order valence-electron chi connectivity index (χ3n) is 2.50. The summed E-state index contributed by atoms with van der Waals surface area (Å²) in [4.78, 5) is 13.0. The maximum absolute atomic E-state index is 13.7. The maximum atomic E-state index is 13.7. The monoisotopic (exact) mass is 265 g/mol. The minimum Gasteiger partial charge on any atom is -0.383 e. The van der Waals surface area contributed by atoms with Gasteiger partial charge < -0.3 is 15.0 Å². The van der Waals surface area contributed by atoms with Gasteiger partial charge in [0.2, 0.25) is 5.91 Å². The molecule has 1 N–H and O–H groups in total. The molecule has 0 aliphatic carbocycles. The summed E-state index contributed by atoms with van der Waals surface area (Å²) in [5.74, 6) is -0.741. The van der Waals surface area contributed by atoms with Crippen molar-refractivity contribution in [3.05, 3.63) is 29.6 Å². The summed E-state index contributed by atoms with van der Waals surface area (Å²) in [6, 6.07) is 6.00. The number of hydrogen-bond donors (Lipinski definition) is 1. The first kappa shape index (κ1) is 14.9. The number of rotatable bonds is 6. The number of amides is 1. The number of benzene rings is 1. The molecule has 0 saturated heterocycles. The van der Waals surface area contributed by atoms with Gasteiger partial charge in [-0.05, 0) is 18.2 Å². The fourth-order valence-electron chi connectivity index (χ4n) is 1.54. The van der Waals surface area contributed by atoms with Gasteiger partial charge in [-0.15, -0.1) is 0 Å². The first-order valence-electron chi connectivity index (χ1n) is 5.75. The van der Waals surface area contributed by atoms with Crippen LogP contribution in [-0.4, -0.2) is 39.8 Å². The lowest BCUT2D eigenvalue weighted by atomic mass is 10.2. The number of carbonyl (C=O) groups is 1. The second-order valence-corrected chi connectivity index (χ2v) is 3.98. The third-order valence-corrected chi connectivity index (χ3v) is 2.50. The molecule has 0 aliphatic rings. The summed E-state index contributed by atoms with van der Waals surface area (Å²) >= 11 is 0. The highest BCUT2D eigenvalue weighted by Crippen LogP contribution is 2.18. The highest BCUT2D eigenvalue weighted by atomic mass is 19.1. The number of methoxy groups -OCH3 is 1. The Labute approximate surface area is 111 Å². The smallest absolute Gasteiger partial charge is 0.239 e. The Morgan fingerprint density at radius 3 is 2.89 bits per heavy atom. The summed E-state index contributed by atoms with van der Waals surface area (Å²) in [6.45, 7) is 0.881. The van der Waals surface area contributed by atoms with Gasteiger partial charge in [0.15, 0.2) is 0 Å². The Hall–Kier alpha value is -2.13. The van der Waals surface area contributed by atoms with Crippen molar-refractivity contribution >= 4 is 11.6 Å². The molecule has 0 atom stereocenters. The molecule has 0 bridgehead atoms. The largest absolute Gasteiger partial charge is 0.383 e. The quantitative estimate of drug-likeness (QED) is 0.776. The van der Waals surface area contributed by atoms with Gasteiger partial charge in [-0.3, -0.25) is 4.79 Å². The molecular formula is C13H16FN3O2. The van der Waals surface area contributed by atoms with E-state index >= 15 is 0 Å². The molecule has 0 radical (unpaired) electrons. The van der Waals surface area contributed by atoms with Crippen LogP contribution in [0, 0.1) is 17.1 Å². The molecule has 0 unspecified atom stereocenters. The zero-order chi connectivity index (χ0) is 14.3. The normalized spacial score (nSPS) is 9.79. The summed E-state index contributed by atoms with van der Waals surface area (Å²) in [7, 11) is 3.16. The van der Waals surface area contributed by atoms with Crippen molar-refractivity contribution in [2.24, 2.45) is 0 Å². The number of hydrogen-bond acceptors (Lipinski definition) is 4. The fraction of sp³-hybridized carbons (Fsp3) is 0.385. The summed E-state index contributed by atoms with van der Waals surface area (Å²) < 4.78 is 18.5. The van der Waals surface area contributed by atoms with Crippen LogP contribution in [0.3, 0.4) is 0 Å². The topological polar surface area (TPSA) is 65.4 Å². The number of carbonyl (C=O) groups excluding carboxylic acids is 1. The molecule has 0 aromatic heterocycles. The number of halogens is 1. The van der Waals surface area contributed by atoms with E-state index in [1.54, 1.807) is 14.2 Å². The van der Waals surface area contributed by atoms with E-state index < -0.39 is 5.82 Å². The van der Waals surface area contributed by atoms with Crippen LogP contribution in [0.25, 0.3) is 0 Å². The van der Waals surface area contributed by atoms with Crippen LogP contribution >= 0.6 is 0 Å². The van der Waals surface area contributed by atoms with Crippen LogP contribution < -0.4 is 10.2 Å². The molecule has 1 aromatic carbocycles. The minimum atomic E-state index is -0.522. The lowest BCUT2D eigenvalue weighted by molar-refractivity contribution is -0.119. The van der Waals surface area contributed by atoms with Gasteiger partial charge in [0.05, 0.1) is 30.5 Å². The molecule has 102 valence electrons. The van der Waals surface area contributed by atoms with Gasteiger partial charge in [0.1, 0.15) is 5.82 Å². The molecule has 1 rings (SSSR count). The van der Waals surface area contributed by atoms with Gasteiger partial charge in [0.25, 0.3) is 0 Å². The Balaban J connectivity index is 2.60. The zero-order valence-electron chi connectivity index (χ0n) is 10.9. The second kappa shape index (κ2) is 7.34. The van der Waals surface area contributed by atoms with Crippen LogP contribution in [0.5, 0.6) is 0 Å². The van der Waals surface area contributed by atoms with Crippen LogP contribution in [0.1, 0.15) is 5.56 Å². The predicted octanol–water partition coefficient (Wildman–Crippen LogP) is 0.896. The number of anilines is 1. The van der Waals surface area contributed by atoms with E-state index in [2.05, 4.69) is 5.32 Å². The van der Waals surface area contributed by atoms with E-state index in [9.17, 15) is 9.18 Å². The van der Waals surface area contributed by atoms with Gasteiger partial charge in [-0.25, -0.2) is 4.39 Å². The van der Waals surface area contributed by atoms with E-state index in [-0.39, 0.29) is 23.7 Å². The molecule has 1 aromatic rings. The van der Waals surface area contributed by atoms with E-state index in [1.807, 2.05) is 6.07 Å². The van der Waals surface area contributed by atoms with Gasteiger partial charge in [0, 0.05) is 20.7 Å². The predicted molar refractivity (Wildman–Crippen MR) is 69.3 cm³/mol. The highest BCUT2D eigenvalue weighted by Gasteiger charge is 2.11. The molecule has 0 saturated carbocycles. The molecule has 1 amide bonds. The van der Waals surface area contributed by atoms with E-state index in [1.165, 1.54) is 17.0 Å².